The summed E-state index contributed by atoms with van der Waals surface area (Å²) in [6.45, 7) is 1.10. The molecule has 1 heterocycles. The Balaban J connectivity index is 1.82. The molecule has 2 aromatic rings. The van der Waals surface area contributed by atoms with Gasteiger partial charge in [0.25, 0.3) is 5.91 Å². The van der Waals surface area contributed by atoms with Gasteiger partial charge in [0.05, 0.1) is 13.7 Å². The summed E-state index contributed by atoms with van der Waals surface area (Å²) in [4.78, 5) is 23.5. The van der Waals surface area contributed by atoms with Crippen molar-refractivity contribution in [2.45, 2.75) is 6.42 Å². The van der Waals surface area contributed by atoms with Crippen molar-refractivity contribution in [2.24, 2.45) is 0 Å². The van der Waals surface area contributed by atoms with Gasteiger partial charge in [0.1, 0.15) is 5.75 Å². The highest BCUT2D eigenvalue weighted by atomic mass is 16.5. The number of aromatic nitrogens is 1. The number of carbonyl (C=O) groups excluding carboxylic acids is 2. The van der Waals surface area contributed by atoms with Crippen LogP contribution in [0.3, 0.4) is 0 Å². The maximum atomic E-state index is 12.0. The maximum Gasteiger partial charge on any atom is 0.273 e. The molecule has 1 aromatic carbocycles. The third kappa shape index (κ3) is 5.61. The van der Waals surface area contributed by atoms with Crippen molar-refractivity contribution < 1.29 is 23.6 Å². The van der Waals surface area contributed by atoms with Crippen LogP contribution in [-0.4, -0.2) is 50.9 Å². The Hall–Kier alpha value is -2.87. The van der Waals surface area contributed by atoms with Gasteiger partial charge in [0.2, 0.25) is 5.91 Å². The summed E-state index contributed by atoms with van der Waals surface area (Å²) in [5, 5.41) is 9.06. The SMILES string of the molecule is COCCNC(=O)CCNC(=O)c1cc(-c2ccc(OC)cc2)on1. The standard InChI is InChI=1S/C17H21N3O5/c1-23-10-9-18-16(21)7-8-19-17(22)14-11-15(25-20-14)12-3-5-13(24-2)6-4-12/h3-6,11H,7-10H2,1-2H3,(H,18,21)(H,19,22). The molecule has 2 amide bonds. The van der Waals surface area contributed by atoms with Gasteiger partial charge in [-0.25, -0.2) is 0 Å². The fraction of sp³-hybridized carbons (Fsp3) is 0.353. The lowest BCUT2D eigenvalue weighted by Crippen LogP contribution is -2.32. The normalized spacial score (nSPS) is 10.3. The lowest BCUT2D eigenvalue weighted by atomic mass is 10.1. The van der Waals surface area contributed by atoms with Gasteiger partial charge in [-0.3, -0.25) is 9.59 Å². The highest BCUT2D eigenvalue weighted by Crippen LogP contribution is 2.22. The number of nitrogens with zero attached hydrogens (tertiary/aromatic N) is 1. The molecule has 0 aliphatic carbocycles. The first kappa shape index (κ1) is 18.5. The number of benzene rings is 1. The zero-order valence-corrected chi connectivity index (χ0v) is 14.2. The van der Waals surface area contributed by atoms with Crippen molar-refractivity contribution in [3.05, 3.63) is 36.0 Å². The minimum atomic E-state index is -0.395. The summed E-state index contributed by atoms with van der Waals surface area (Å²) < 4.78 is 15.1. The summed E-state index contributed by atoms with van der Waals surface area (Å²) >= 11 is 0. The summed E-state index contributed by atoms with van der Waals surface area (Å²) in [6, 6.07) is 8.76. The molecule has 0 aliphatic heterocycles. The molecule has 0 unspecified atom stereocenters. The predicted octanol–water partition coefficient (Wildman–Crippen LogP) is 1.23. The first-order chi connectivity index (χ1) is 12.1. The number of nitrogens with one attached hydrogen (secondary N) is 2. The number of hydrogen-bond donors (Lipinski definition) is 2. The molecule has 8 nitrogen and oxygen atoms in total. The van der Waals surface area contributed by atoms with Crippen LogP contribution in [0.1, 0.15) is 16.9 Å². The van der Waals surface area contributed by atoms with Crippen LogP contribution in [0.4, 0.5) is 0 Å². The van der Waals surface area contributed by atoms with Crippen molar-refractivity contribution in [2.75, 3.05) is 33.9 Å². The first-order valence-electron chi connectivity index (χ1n) is 7.79. The fourth-order valence-corrected chi connectivity index (χ4v) is 2.03. The Kier molecular flexibility index (Phi) is 6.97. The van der Waals surface area contributed by atoms with Crippen LogP contribution in [-0.2, 0) is 9.53 Å². The highest BCUT2D eigenvalue weighted by molar-refractivity contribution is 5.93. The Morgan fingerprint density at radius 3 is 2.56 bits per heavy atom. The minimum absolute atomic E-state index is 0.156. The van der Waals surface area contributed by atoms with Gasteiger partial charge in [0.15, 0.2) is 11.5 Å². The van der Waals surface area contributed by atoms with Gasteiger partial charge in [-0.1, -0.05) is 5.16 Å². The molecule has 0 saturated heterocycles. The quantitative estimate of drug-likeness (QED) is 0.662. The van der Waals surface area contributed by atoms with E-state index >= 15 is 0 Å². The highest BCUT2D eigenvalue weighted by Gasteiger charge is 2.14. The Morgan fingerprint density at radius 1 is 1.12 bits per heavy atom. The molecule has 0 aliphatic rings. The summed E-state index contributed by atoms with van der Waals surface area (Å²) in [5.41, 5.74) is 0.940. The van der Waals surface area contributed by atoms with Gasteiger partial charge in [-0.15, -0.1) is 0 Å². The van der Waals surface area contributed by atoms with Crippen LogP contribution in [0.2, 0.25) is 0 Å². The Bertz CT molecular complexity index is 697. The molecule has 8 heteroatoms. The molecule has 2 rings (SSSR count). The molecule has 0 saturated carbocycles. The summed E-state index contributed by atoms with van der Waals surface area (Å²) in [7, 11) is 3.15. The van der Waals surface area contributed by atoms with Crippen molar-refractivity contribution >= 4 is 11.8 Å². The molecule has 0 bridgehead atoms. The van der Waals surface area contributed by atoms with E-state index in [-0.39, 0.29) is 24.6 Å². The van der Waals surface area contributed by atoms with E-state index in [2.05, 4.69) is 15.8 Å². The van der Waals surface area contributed by atoms with Crippen LogP contribution < -0.4 is 15.4 Å². The molecule has 25 heavy (non-hydrogen) atoms. The second kappa shape index (κ2) is 9.43. The smallest absolute Gasteiger partial charge is 0.273 e. The zero-order valence-electron chi connectivity index (χ0n) is 14.2. The van der Waals surface area contributed by atoms with E-state index in [0.717, 1.165) is 11.3 Å². The van der Waals surface area contributed by atoms with E-state index in [0.29, 0.717) is 18.9 Å². The summed E-state index contributed by atoms with van der Waals surface area (Å²) in [6.07, 6.45) is 0.179. The van der Waals surface area contributed by atoms with Crippen molar-refractivity contribution in [1.29, 1.82) is 0 Å². The number of rotatable bonds is 9. The lowest BCUT2D eigenvalue weighted by molar-refractivity contribution is -0.121. The van der Waals surface area contributed by atoms with E-state index in [1.165, 1.54) is 0 Å². The van der Waals surface area contributed by atoms with Gasteiger partial charge in [-0.2, -0.15) is 0 Å². The number of amides is 2. The number of hydrogen-bond acceptors (Lipinski definition) is 6. The van der Waals surface area contributed by atoms with Crippen molar-refractivity contribution in [3.8, 4) is 17.1 Å². The van der Waals surface area contributed by atoms with E-state index in [1.54, 1.807) is 32.4 Å². The molecule has 2 N–H and O–H groups in total. The van der Waals surface area contributed by atoms with Crippen LogP contribution in [0, 0.1) is 0 Å². The van der Waals surface area contributed by atoms with Crippen LogP contribution in [0.15, 0.2) is 34.9 Å². The monoisotopic (exact) mass is 347 g/mol. The largest absolute Gasteiger partial charge is 0.497 e. The second-order valence-electron chi connectivity index (χ2n) is 5.15. The predicted molar refractivity (Wildman–Crippen MR) is 90.3 cm³/mol. The van der Waals surface area contributed by atoms with E-state index in [9.17, 15) is 9.59 Å². The molecule has 0 radical (unpaired) electrons. The molecule has 1 aromatic heterocycles. The van der Waals surface area contributed by atoms with E-state index in [4.69, 9.17) is 14.0 Å². The minimum Gasteiger partial charge on any atom is -0.497 e. The van der Waals surface area contributed by atoms with E-state index < -0.39 is 5.91 Å². The van der Waals surface area contributed by atoms with Gasteiger partial charge in [-0.05, 0) is 24.3 Å². The number of methoxy groups -OCH3 is 2. The average Bonchev–Trinajstić information content (AvgIpc) is 3.12. The topological polar surface area (TPSA) is 103 Å². The Labute approximate surface area is 145 Å². The third-order valence-corrected chi connectivity index (χ3v) is 3.38. The average molecular weight is 347 g/mol. The van der Waals surface area contributed by atoms with Gasteiger partial charge < -0.3 is 24.6 Å². The van der Waals surface area contributed by atoms with Crippen LogP contribution >= 0.6 is 0 Å². The fourth-order valence-electron chi connectivity index (χ4n) is 2.03. The van der Waals surface area contributed by atoms with E-state index in [1.807, 2.05) is 12.1 Å². The second-order valence-corrected chi connectivity index (χ2v) is 5.15. The third-order valence-electron chi connectivity index (χ3n) is 3.38. The lowest BCUT2D eigenvalue weighted by Gasteiger charge is -2.05. The molecule has 0 spiro atoms. The summed E-state index contributed by atoms with van der Waals surface area (Å²) in [5.74, 6) is 0.653. The van der Waals surface area contributed by atoms with Gasteiger partial charge in [0, 0.05) is 38.2 Å². The number of carbonyl (C=O) groups is 2. The first-order valence-corrected chi connectivity index (χ1v) is 7.79. The van der Waals surface area contributed by atoms with Gasteiger partial charge >= 0.3 is 0 Å². The number of ether oxygens (including phenoxy) is 2. The van der Waals surface area contributed by atoms with Crippen molar-refractivity contribution in [1.82, 2.24) is 15.8 Å². The molecule has 0 fully saturated rings. The van der Waals surface area contributed by atoms with Crippen molar-refractivity contribution in [3.63, 3.8) is 0 Å². The van der Waals surface area contributed by atoms with Crippen LogP contribution in [0.25, 0.3) is 11.3 Å². The molecular formula is C17H21N3O5. The zero-order chi connectivity index (χ0) is 18.1. The molecule has 0 atom stereocenters. The van der Waals surface area contributed by atoms with Crippen LogP contribution in [0.5, 0.6) is 5.75 Å². The Morgan fingerprint density at radius 2 is 1.88 bits per heavy atom. The maximum absolute atomic E-state index is 12.0. The molecule has 134 valence electrons. The molecular weight excluding hydrogens is 326 g/mol.